The molecule has 0 bridgehead atoms. The molecule has 1 aliphatic heterocycles. The second-order valence-electron chi connectivity index (χ2n) is 8.36. The number of nitrogens with zero attached hydrogens (tertiary/aromatic N) is 2. The number of Topliss-reactive ketones (excluding diaryl/α,β-unsaturated/α-hetero) is 1. The molecular weight excluding hydrogens is 308 g/mol. The molecule has 1 amide bonds. The first kappa shape index (κ1) is 19.0. The summed E-state index contributed by atoms with van der Waals surface area (Å²) in [6.45, 7) is 7.93. The zero-order valence-electron chi connectivity index (χ0n) is 15.2. The Hall–Kier alpha value is -1.30. The van der Waals surface area contributed by atoms with Crippen molar-refractivity contribution < 1.29 is 14.7 Å². The SMILES string of the molecule is CC(C)CC1CC(C)(C(=O)C(=O)N2C(C)CCC2CN=O)CC1O. The van der Waals surface area contributed by atoms with E-state index in [-0.39, 0.29) is 24.5 Å². The van der Waals surface area contributed by atoms with Crippen molar-refractivity contribution in [1.29, 1.82) is 0 Å². The van der Waals surface area contributed by atoms with Crippen LogP contribution >= 0.6 is 0 Å². The molecule has 2 fully saturated rings. The van der Waals surface area contributed by atoms with Crippen LogP contribution in [0.1, 0.15) is 59.8 Å². The molecule has 0 aromatic rings. The Morgan fingerprint density at radius 3 is 2.54 bits per heavy atom. The first-order valence-electron chi connectivity index (χ1n) is 9.04. The van der Waals surface area contributed by atoms with E-state index in [1.807, 2.05) is 6.92 Å². The third kappa shape index (κ3) is 3.68. The fourth-order valence-electron chi connectivity index (χ4n) is 4.54. The van der Waals surface area contributed by atoms with Gasteiger partial charge in [0.15, 0.2) is 0 Å². The van der Waals surface area contributed by atoms with Crippen LogP contribution in [0.3, 0.4) is 0 Å². The number of carbonyl (C=O) groups excluding carboxylic acids is 2. The van der Waals surface area contributed by atoms with Crippen LogP contribution in [0.15, 0.2) is 5.18 Å². The highest BCUT2D eigenvalue weighted by Gasteiger charge is 2.50. The van der Waals surface area contributed by atoms with Crippen molar-refractivity contribution in [2.45, 2.75) is 78.0 Å². The van der Waals surface area contributed by atoms with Gasteiger partial charge in [-0.2, -0.15) is 4.91 Å². The van der Waals surface area contributed by atoms with Gasteiger partial charge < -0.3 is 10.0 Å². The minimum Gasteiger partial charge on any atom is -0.393 e. The molecule has 24 heavy (non-hydrogen) atoms. The van der Waals surface area contributed by atoms with Crippen LogP contribution in [-0.2, 0) is 9.59 Å². The lowest BCUT2D eigenvalue weighted by atomic mass is 9.81. The van der Waals surface area contributed by atoms with Gasteiger partial charge in [0.25, 0.3) is 5.91 Å². The lowest BCUT2D eigenvalue weighted by molar-refractivity contribution is -0.151. The van der Waals surface area contributed by atoms with Gasteiger partial charge in [0.05, 0.1) is 12.1 Å². The smallest absolute Gasteiger partial charge is 0.291 e. The highest BCUT2D eigenvalue weighted by Crippen LogP contribution is 2.45. The number of aliphatic hydroxyl groups excluding tert-OH is 1. The zero-order valence-corrected chi connectivity index (χ0v) is 15.2. The van der Waals surface area contributed by atoms with E-state index in [0.717, 1.165) is 12.8 Å². The molecule has 1 saturated carbocycles. The van der Waals surface area contributed by atoms with Crippen molar-refractivity contribution in [3.05, 3.63) is 4.91 Å². The number of hydrogen-bond acceptors (Lipinski definition) is 5. The largest absolute Gasteiger partial charge is 0.393 e. The van der Waals surface area contributed by atoms with Gasteiger partial charge in [-0.25, -0.2) is 0 Å². The fourth-order valence-corrected chi connectivity index (χ4v) is 4.54. The molecule has 5 atom stereocenters. The molecule has 2 rings (SSSR count). The van der Waals surface area contributed by atoms with E-state index in [0.29, 0.717) is 25.2 Å². The van der Waals surface area contributed by atoms with Crippen molar-refractivity contribution in [3.8, 4) is 0 Å². The van der Waals surface area contributed by atoms with Crippen molar-refractivity contribution in [3.63, 3.8) is 0 Å². The molecule has 6 nitrogen and oxygen atoms in total. The standard InChI is InChI=1S/C18H30N2O4/c1-11(2)7-13-8-18(4,9-15(13)21)16(22)17(23)20-12(3)5-6-14(20)10-19-24/h11-15,21H,5-10H2,1-4H3. The number of ketones is 1. The average Bonchev–Trinajstić information content (AvgIpc) is 2.99. The number of carbonyl (C=O) groups is 2. The molecule has 0 spiro atoms. The van der Waals surface area contributed by atoms with Gasteiger partial charge in [-0.15, -0.1) is 0 Å². The lowest BCUT2D eigenvalue weighted by Crippen LogP contribution is -2.48. The van der Waals surface area contributed by atoms with Crippen LogP contribution in [0, 0.1) is 22.2 Å². The van der Waals surface area contributed by atoms with Crippen molar-refractivity contribution in [2.75, 3.05) is 6.54 Å². The molecule has 1 aliphatic carbocycles. The van der Waals surface area contributed by atoms with E-state index >= 15 is 0 Å². The second kappa shape index (κ2) is 7.30. The summed E-state index contributed by atoms with van der Waals surface area (Å²) in [6, 6.07) is -0.315. The number of rotatable bonds is 6. The van der Waals surface area contributed by atoms with Crippen LogP contribution < -0.4 is 0 Å². The highest BCUT2D eigenvalue weighted by molar-refractivity contribution is 6.38. The topological polar surface area (TPSA) is 87.0 Å². The quantitative estimate of drug-likeness (QED) is 0.595. The molecule has 2 aliphatic rings. The first-order chi connectivity index (χ1) is 11.2. The molecule has 6 heteroatoms. The van der Waals surface area contributed by atoms with Crippen molar-refractivity contribution in [1.82, 2.24) is 4.90 Å². The number of likely N-dealkylation sites (tertiary alicyclic amines) is 1. The van der Waals surface area contributed by atoms with E-state index in [1.54, 1.807) is 11.8 Å². The van der Waals surface area contributed by atoms with Crippen LogP contribution in [0.25, 0.3) is 0 Å². The Balaban J connectivity index is 2.12. The maximum atomic E-state index is 12.9. The van der Waals surface area contributed by atoms with Gasteiger partial charge in [0.2, 0.25) is 5.78 Å². The molecule has 0 aromatic carbocycles. The van der Waals surface area contributed by atoms with Gasteiger partial charge in [-0.3, -0.25) is 9.59 Å². The van der Waals surface area contributed by atoms with E-state index in [4.69, 9.17) is 0 Å². The zero-order chi connectivity index (χ0) is 18.1. The average molecular weight is 338 g/mol. The fraction of sp³-hybridized carbons (Fsp3) is 0.889. The van der Waals surface area contributed by atoms with E-state index in [9.17, 15) is 19.6 Å². The summed E-state index contributed by atoms with van der Waals surface area (Å²) >= 11 is 0. The van der Waals surface area contributed by atoms with Crippen LogP contribution in [0.4, 0.5) is 0 Å². The summed E-state index contributed by atoms with van der Waals surface area (Å²) in [4.78, 5) is 37.9. The summed E-state index contributed by atoms with van der Waals surface area (Å²) in [5, 5.41) is 13.2. The number of aliphatic hydroxyl groups is 1. The lowest BCUT2D eigenvalue weighted by Gasteiger charge is -2.30. The van der Waals surface area contributed by atoms with Gasteiger partial charge >= 0.3 is 0 Å². The summed E-state index contributed by atoms with van der Waals surface area (Å²) in [5.74, 6) is -0.416. The summed E-state index contributed by atoms with van der Waals surface area (Å²) in [6.07, 6.45) is 2.72. The molecule has 0 radical (unpaired) electrons. The van der Waals surface area contributed by atoms with E-state index < -0.39 is 23.2 Å². The molecule has 1 saturated heterocycles. The van der Waals surface area contributed by atoms with E-state index in [1.165, 1.54) is 0 Å². The minimum atomic E-state index is -0.808. The van der Waals surface area contributed by atoms with Gasteiger partial charge in [0.1, 0.15) is 6.54 Å². The van der Waals surface area contributed by atoms with Crippen LogP contribution in [0.2, 0.25) is 0 Å². The monoisotopic (exact) mass is 338 g/mol. The number of hydrogen-bond donors (Lipinski definition) is 1. The van der Waals surface area contributed by atoms with Crippen molar-refractivity contribution in [2.24, 2.45) is 22.4 Å². The van der Waals surface area contributed by atoms with Gasteiger partial charge in [-0.1, -0.05) is 25.9 Å². The number of amides is 1. The molecule has 136 valence electrons. The van der Waals surface area contributed by atoms with E-state index in [2.05, 4.69) is 19.0 Å². The summed E-state index contributed by atoms with van der Waals surface area (Å²) in [5.41, 5.74) is -0.808. The predicted octanol–water partition coefficient (Wildman–Crippen LogP) is 2.52. The second-order valence-corrected chi connectivity index (χ2v) is 8.36. The first-order valence-corrected chi connectivity index (χ1v) is 9.04. The predicted molar refractivity (Wildman–Crippen MR) is 91.3 cm³/mol. The Labute approximate surface area is 144 Å². The van der Waals surface area contributed by atoms with Crippen molar-refractivity contribution >= 4 is 11.7 Å². The highest BCUT2D eigenvalue weighted by atomic mass is 16.3. The Morgan fingerprint density at radius 1 is 1.29 bits per heavy atom. The summed E-state index contributed by atoms with van der Waals surface area (Å²) in [7, 11) is 0. The van der Waals surface area contributed by atoms with Crippen LogP contribution in [-0.4, -0.2) is 46.4 Å². The maximum Gasteiger partial charge on any atom is 0.291 e. The Morgan fingerprint density at radius 2 is 1.96 bits per heavy atom. The van der Waals surface area contributed by atoms with Crippen LogP contribution in [0.5, 0.6) is 0 Å². The molecule has 1 heterocycles. The molecular formula is C18H30N2O4. The Bertz CT molecular complexity index is 507. The number of nitroso groups, excluding NO2 is 1. The molecule has 0 aromatic heterocycles. The third-order valence-corrected chi connectivity index (χ3v) is 5.74. The normalized spacial score (nSPS) is 36.3. The van der Waals surface area contributed by atoms with Gasteiger partial charge in [0, 0.05) is 11.5 Å². The van der Waals surface area contributed by atoms with Gasteiger partial charge in [-0.05, 0) is 50.9 Å². The third-order valence-electron chi connectivity index (χ3n) is 5.74. The molecule has 1 N–H and O–H groups in total. The molecule has 5 unspecified atom stereocenters. The maximum absolute atomic E-state index is 12.9. The Kier molecular flexibility index (Phi) is 5.78. The summed E-state index contributed by atoms with van der Waals surface area (Å²) < 4.78 is 0. The minimum absolute atomic E-state index is 0.0404.